The first-order valence-corrected chi connectivity index (χ1v) is 17.7. The van der Waals surface area contributed by atoms with Gasteiger partial charge in [0, 0.05) is 49.2 Å². The summed E-state index contributed by atoms with van der Waals surface area (Å²) in [4.78, 5) is 31.1. The van der Waals surface area contributed by atoms with Crippen molar-refractivity contribution < 1.29 is 24.4 Å². The number of carbonyl (C=O) groups excluding carboxylic acids is 2. The van der Waals surface area contributed by atoms with Crippen LogP contribution in [0.4, 0.5) is 0 Å². The van der Waals surface area contributed by atoms with Crippen LogP contribution in [0.3, 0.4) is 0 Å². The molecule has 5 unspecified atom stereocenters. The van der Waals surface area contributed by atoms with Crippen molar-refractivity contribution in [3.05, 3.63) is 11.6 Å². The number of aliphatic imine (C=N–C) groups is 1. The minimum Gasteiger partial charge on any atom is -0.427 e. The molecule has 4 aliphatic rings. The minimum atomic E-state index is -1.35. The van der Waals surface area contributed by atoms with Crippen LogP contribution in [0.1, 0.15) is 120 Å². The number of carbonyl (C=O) groups is 2. The van der Waals surface area contributed by atoms with Gasteiger partial charge in [0.15, 0.2) is 5.82 Å². The van der Waals surface area contributed by atoms with E-state index >= 15 is 0 Å². The molecular weight excluding hydrogens is 595 g/mol. The highest BCUT2D eigenvalue weighted by Crippen LogP contribution is 2.45. The highest BCUT2D eigenvalue weighted by molar-refractivity contribution is 6.43. The van der Waals surface area contributed by atoms with Gasteiger partial charge in [-0.2, -0.15) is 0 Å². The normalized spacial score (nSPS) is 31.6. The fourth-order valence-corrected chi connectivity index (χ4v) is 8.45. The van der Waals surface area contributed by atoms with Crippen LogP contribution in [0.25, 0.3) is 0 Å². The Morgan fingerprint density at radius 2 is 1.73 bits per heavy atom. The fraction of sp³-hybridized carbons (Fsp3) is 0.844. The molecule has 1 aromatic rings. The molecule has 0 saturated heterocycles. The van der Waals surface area contributed by atoms with Crippen molar-refractivity contribution in [1.29, 1.82) is 0 Å². The SMILES string of the molecule is COC1CCC2C(C1)C(C1CCC(Cl)CC1)=N[C@@H](CC(=O)NCCCCCNC(=O)C1CCCC(B(O)O)C1)c1nnc(C)n12. The van der Waals surface area contributed by atoms with Crippen molar-refractivity contribution in [1.82, 2.24) is 25.4 Å². The quantitative estimate of drug-likeness (QED) is 0.152. The van der Waals surface area contributed by atoms with E-state index in [1.54, 1.807) is 7.11 Å². The minimum absolute atomic E-state index is 0.00773. The van der Waals surface area contributed by atoms with Gasteiger partial charge in [0.2, 0.25) is 11.8 Å². The zero-order valence-corrected chi connectivity index (χ0v) is 27.8. The topological polar surface area (TPSA) is 151 Å². The Hall–Kier alpha value is -2.02. The number of methoxy groups -OCH3 is 1. The second-order valence-electron chi connectivity index (χ2n) is 13.8. The van der Waals surface area contributed by atoms with Crippen molar-refractivity contribution in [2.75, 3.05) is 20.2 Å². The van der Waals surface area contributed by atoms with Crippen LogP contribution in [0, 0.1) is 24.7 Å². The van der Waals surface area contributed by atoms with Crippen LogP contribution in [0.15, 0.2) is 4.99 Å². The Kier molecular flexibility index (Phi) is 12.4. The molecule has 2 heterocycles. The van der Waals surface area contributed by atoms with Crippen molar-refractivity contribution >= 4 is 36.2 Å². The van der Waals surface area contributed by atoms with Gasteiger partial charge in [-0.3, -0.25) is 14.6 Å². The van der Waals surface area contributed by atoms with Gasteiger partial charge in [0.1, 0.15) is 11.9 Å². The third kappa shape index (κ3) is 8.67. The Labute approximate surface area is 272 Å². The summed E-state index contributed by atoms with van der Waals surface area (Å²) in [5, 5.41) is 34.3. The number of unbranched alkanes of at least 4 members (excludes halogenated alkanes) is 2. The molecular formula is C32H52BClN6O5. The first-order chi connectivity index (χ1) is 21.7. The molecule has 13 heteroatoms. The van der Waals surface area contributed by atoms with E-state index in [4.69, 9.17) is 21.3 Å². The summed E-state index contributed by atoms with van der Waals surface area (Å²) in [6.07, 6.45) is 12.8. The molecule has 3 saturated carbocycles. The summed E-state index contributed by atoms with van der Waals surface area (Å²) in [6.45, 7) is 3.16. The Morgan fingerprint density at radius 3 is 2.47 bits per heavy atom. The van der Waals surface area contributed by atoms with Gasteiger partial charge in [0.25, 0.3) is 0 Å². The van der Waals surface area contributed by atoms with E-state index in [2.05, 4.69) is 25.4 Å². The van der Waals surface area contributed by atoms with E-state index in [9.17, 15) is 19.6 Å². The molecule has 2 amide bonds. The molecule has 11 nitrogen and oxygen atoms in total. The number of amides is 2. The molecule has 250 valence electrons. The molecule has 0 bridgehead atoms. The molecule has 3 fully saturated rings. The summed E-state index contributed by atoms with van der Waals surface area (Å²) < 4.78 is 8.11. The van der Waals surface area contributed by atoms with Gasteiger partial charge in [0.05, 0.1) is 12.5 Å². The van der Waals surface area contributed by atoms with E-state index in [1.165, 1.54) is 5.71 Å². The lowest BCUT2D eigenvalue weighted by Gasteiger charge is -2.39. The molecule has 1 aliphatic heterocycles. The van der Waals surface area contributed by atoms with Crippen LogP contribution < -0.4 is 10.6 Å². The number of rotatable bonds is 12. The standard InChI is InChI=1S/C32H52BClN6O5/c1-20-38-39-31-27(19-29(41)35-15-4-3-5-16-36-32(42)22-7-6-8-23(17-22)33(43)44)37-30(21-9-11-24(34)12-10-21)26-18-25(45-2)13-14-28(26)40(20)31/h21-28,43-44H,3-19H2,1-2H3,(H,35,41)(H,36,42)/t21?,22?,23?,24?,25?,26?,27-,28?/m0/s1. The highest BCUT2D eigenvalue weighted by Gasteiger charge is 2.43. The second kappa shape index (κ2) is 16.2. The van der Waals surface area contributed by atoms with Gasteiger partial charge >= 0.3 is 7.12 Å². The first kappa shape index (κ1) is 34.3. The molecule has 6 atom stereocenters. The third-order valence-electron chi connectivity index (χ3n) is 10.7. The predicted molar refractivity (Wildman–Crippen MR) is 174 cm³/mol. The fourth-order valence-electron chi connectivity index (χ4n) is 8.20. The average Bonchev–Trinajstić information content (AvgIpc) is 3.37. The number of ether oxygens (including phenoxy) is 1. The number of aryl methyl sites for hydroxylation is 1. The summed E-state index contributed by atoms with van der Waals surface area (Å²) in [5.74, 6) is 1.89. The van der Waals surface area contributed by atoms with E-state index in [0.29, 0.717) is 25.4 Å². The van der Waals surface area contributed by atoms with Crippen molar-refractivity contribution in [3.8, 4) is 0 Å². The number of hydrogen-bond donors (Lipinski definition) is 4. The number of nitrogens with one attached hydrogen (secondary N) is 2. The number of halogens is 1. The van der Waals surface area contributed by atoms with Gasteiger partial charge in [-0.05, 0) is 95.7 Å². The Bertz CT molecular complexity index is 1170. The zero-order chi connectivity index (χ0) is 31.9. The van der Waals surface area contributed by atoms with Gasteiger partial charge in [-0.25, -0.2) is 0 Å². The lowest BCUT2D eigenvalue weighted by Crippen LogP contribution is -2.39. The second-order valence-corrected chi connectivity index (χ2v) is 14.4. The number of nitrogens with zero attached hydrogens (tertiary/aromatic N) is 4. The first-order valence-electron chi connectivity index (χ1n) is 17.3. The van der Waals surface area contributed by atoms with E-state index in [-0.39, 0.29) is 59.5 Å². The molecule has 4 N–H and O–H groups in total. The van der Waals surface area contributed by atoms with Crippen molar-refractivity contribution in [2.24, 2.45) is 22.7 Å². The number of hydrogen-bond acceptors (Lipinski definition) is 8. The lowest BCUT2D eigenvalue weighted by atomic mass is 9.62. The van der Waals surface area contributed by atoms with Crippen LogP contribution >= 0.6 is 11.6 Å². The number of alkyl halides is 1. The Balaban J connectivity index is 1.14. The van der Waals surface area contributed by atoms with E-state index in [1.807, 2.05) is 6.92 Å². The number of aromatic nitrogens is 3. The maximum absolute atomic E-state index is 13.2. The molecule has 3 aliphatic carbocycles. The third-order valence-corrected chi connectivity index (χ3v) is 11.2. The smallest absolute Gasteiger partial charge is 0.427 e. The highest BCUT2D eigenvalue weighted by atomic mass is 35.5. The monoisotopic (exact) mass is 646 g/mol. The van der Waals surface area contributed by atoms with Crippen LogP contribution in [0.2, 0.25) is 5.82 Å². The van der Waals surface area contributed by atoms with E-state index < -0.39 is 7.12 Å². The van der Waals surface area contributed by atoms with Gasteiger partial charge in [-0.15, -0.1) is 21.8 Å². The van der Waals surface area contributed by atoms with Crippen molar-refractivity contribution in [2.45, 2.75) is 133 Å². The molecule has 0 spiro atoms. The summed E-state index contributed by atoms with van der Waals surface area (Å²) in [5.41, 5.74) is 1.23. The van der Waals surface area contributed by atoms with Gasteiger partial charge in [-0.1, -0.05) is 12.8 Å². The lowest BCUT2D eigenvalue weighted by molar-refractivity contribution is -0.126. The van der Waals surface area contributed by atoms with Crippen LogP contribution in [-0.4, -0.2) is 81.1 Å². The van der Waals surface area contributed by atoms with Crippen LogP contribution in [0.5, 0.6) is 0 Å². The molecule has 1 aromatic heterocycles. The molecule has 45 heavy (non-hydrogen) atoms. The number of fused-ring (bicyclic) bond motifs is 3. The summed E-state index contributed by atoms with van der Waals surface area (Å²) >= 11 is 6.49. The maximum Gasteiger partial charge on any atom is 0.454 e. The predicted octanol–water partition coefficient (Wildman–Crippen LogP) is 4.06. The maximum atomic E-state index is 13.2. The van der Waals surface area contributed by atoms with Gasteiger partial charge < -0.3 is 30.0 Å². The molecule has 0 radical (unpaired) electrons. The van der Waals surface area contributed by atoms with Crippen LogP contribution in [-0.2, 0) is 14.3 Å². The summed E-state index contributed by atoms with van der Waals surface area (Å²) in [6, 6.07) is -0.147. The molecule has 0 aromatic carbocycles. The Morgan fingerprint density at radius 1 is 0.978 bits per heavy atom. The summed E-state index contributed by atoms with van der Waals surface area (Å²) in [7, 11) is 0.451. The molecule has 5 rings (SSSR count). The van der Waals surface area contributed by atoms with E-state index in [0.717, 1.165) is 95.1 Å². The average molecular weight is 647 g/mol. The van der Waals surface area contributed by atoms with Crippen molar-refractivity contribution in [3.63, 3.8) is 0 Å². The largest absolute Gasteiger partial charge is 0.454 e. The zero-order valence-electron chi connectivity index (χ0n) is 27.0.